The summed E-state index contributed by atoms with van der Waals surface area (Å²) in [5.41, 5.74) is 0.191. The van der Waals surface area contributed by atoms with Gasteiger partial charge in [-0.15, -0.1) is 0 Å². The number of carbonyl (C=O) groups is 1. The van der Waals surface area contributed by atoms with Crippen LogP contribution in [-0.4, -0.2) is 70.4 Å². The van der Waals surface area contributed by atoms with Crippen molar-refractivity contribution < 1.29 is 21.6 Å². The zero-order valence-electron chi connectivity index (χ0n) is 16.1. The van der Waals surface area contributed by atoms with Crippen LogP contribution in [0.4, 0.5) is 0 Å². The molecule has 2 N–H and O–H groups in total. The van der Waals surface area contributed by atoms with Crippen molar-refractivity contribution in [1.29, 1.82) is 0 Å². The molecule has 28 heavy (non-hydrogen) atoms. The summed E-state index contributed by atoms with van der Waals surface area (Å²) >= 11 is 0. The van der Waals surface area contributed by atoms with Gasteiger partial charge in [-0.2, -0.15) is 0 Å². The largest absolute Gasteiger partial charge is 0.347 e. The lowest BCUT2D eigenvalue weighted by Crippen LogP contribution is -2.50. The van der Waals surface area contributed by atoms with Crippen LogP contribution in [0.15, 0.2) is 29.2 Å². The smallest absolute Gasteiger partial charge is 0.251 e. The number of nitrogens with one attached hydrogen (secondary N) is 2. The SMILES string of the molecule is CC(C)NS(=O)(=O)c1cccc(C(=O)NC2CS(=O)(=O)CC2N2CCCC2)c1. The first kappa shape index (κ1) is 21.2. The van der Waals surface area contributed by atoms with E-state index in [1.54, 1.807) is 13.8 Å². The monoisotopic (exact) mass is 429 g/mol. The predicted octanol–water partition coefficient (Wildman–Crippen LogP) is 0.365. The van der Waals surface area contributed by atoms with Crippen molar-refractivity contribution in [3.05, 3.63) is 29.8 Å². The highest BCUT2D eigenvalue weighted by Gasteiger charge is 2.42. The number of nitrogens with zero attached hydrogens (tertiary/aromatic N) is 1. The third-order valence-electron chi connectivity index (χ3n) is 5.05. The van der Waals surface area contributed by atoms with Crippen molar-refractivity contribution in [3.8, 4) is 0 Å². The van der Waals surface area contributed by atoms with E-state index in [0.717, 1.165) is 25.9 Å². The molecule has 1 amide bonds. The first-order valence-corrected chi connectivity index (χ1v) is 12.8. The molecule has 2 atom stereocenters. The van der Waals surface area contributed by atoms with Crippen LogP contribution < -0.4 is 10.0 Å². The number of likely N-dealkylation sites (tertiary alicyclic amines) is 1. The Balaban J connectivity index is 1.78. The second kappa shape index (κ2) is 8.10. The van der Waals surface area contributed by atoms with E-state index >= 15 is 0 Å². The van der Waals surface area contributed by atoms with E-state index < -0.39 is 31.8 Å². The van der Waals surface area contributed by atoms with Gasteiger partial charge in [0.25, 0.3) is 5.91 Å². The number of sulfone groups is 1. The van der Waals surface area contributed by atoms with Crippen molar-refractivity contribution >= 4 is 25.8 Å². The van der Waals surface area contributed by atoms with Crippen molar-refractivity contribution in [2.75, 3.05) is 24.6 Å². The molecule has 2 fully saturated rings. The topological polar surface area (TPSA) is 113 Å². The van der Waals surface area contributed by atoms with Gasteiger partial charge in [0.05, 0.1) is 22.4 Å². The van der Waals surface area contributed by atoms with E-state index in [1.165, 1.54) is 24.3 Å². The molecule has 0 bridgehead atoms. The summed E-state index contributed by atoms with van der Waals surface area (Å²) in [5.74, 6) is -0.509. The Hall–Kier alpha value is -1.49. The van der Waals surface area contributed by atoms with Crippen LogP contribution in [0, 0.1) is 0 Å². The Bertz CT molecular complexity index is 938. The molecule has 10 heteroatoms. The van der Waals surface area contributed by atoms with E-state index in [4.69, 9.17) is 0 Å². The van der Waals surface area contributed by atoms with Crippen LogP contribution in [0.1, 0.15) is 37.0 Å². The zero-order chi connectivity index (χ0) is 20.5. The van der Waals surface area contributed by atoms with E-state index in [-0.39, 0.29) is 34.0 Å². The Kier molecular flexibility index (Phi) is 6.14. The minimum atomic E-state index is -3.72. The second-order valence-electron chi connectivity index (χ2n) is 7.77. The van der Waals surface area contributed by atoms with Crippen LogP contribution in [0.2, 0.25) is 0 Å². The van der Waals surface area contributed by atoms with E-state index in [9.17, 15) is 21.6 Å². The maximum absolute atomic E-state index is 12.7. The van der Waals surface area contributed by atoms with Crippen LogP contribution in [-0.2, 0) is 19.9 Å². The molecule has 156 valence electrons. The molecule has 2 unspecified atom stereocenters. The third kappa shape index (κ3) is 4.91. The van der Waals surface area contributed by atoms with Crippen LogP contribution >= 0.6 is 0 Å². The zero-order valence-corrected chi connectivity index (χ0v) is 17.7. The first-order valence-electron chi connectivity index (χ1n) is 9.45. The molecule has 1 aromatic rings. The molecule has 3 rings (SSSR count). The van der Waals surface area contributed by atoms with E-state index in [2.05, 4.69) is 14.9 Å². The summed E-state index contributed by atoms with van der Waals surface area (Å²) < 4.78 is 51.5. The number of amides is 1. The fourth-order valence-corrected chi connectivity index (χ4v) is 7.08. The van der Waals surface area contributed by atoms with Crippen molar-refractivity contribution in [2.24, 2.45) is 0 Å². The summed E-state index contributed by atoms with van der Waals surface area (Å²) in [4.78, 5) is 14.9. The van der Waals surface area contributed by atoms with Crippen molar-refractivity contribution in [3.63, 3.8) is 0 Å². The van der Waals surface area contributed by atoms with Gasteiger partial charge in [-0.1, -0.05) is 6.07 Å². The highest BCUT2D eigenvalue weighted by molar-refractivity contribution is 7.91. The fourth-order valence-electron chi connectivity index (χ4n) is 3.83. The minimum Gasteiger partial charge on any atom is -0.347 e. The average Bonchev–Trinajstić information content (AvgIpc) is 3.21. The highest BCUT2D eigenvalue weighted by Crippen LogP contribution is 2.23. The minimum absolute atomic E-state index is 0.00369. The van der Waals surface area contributed by atoms with E-state index in [1.807, 2.05) is 0 Å². The van der Waals surface area contributed by atoms with Gasteiger partial charge in [-0.3, -0.25) is 9.69 Å². The fraction of sp³-hybridized carbons (Fsp3) is 0.611. The van der Waals surface area contributed by atoms with Gasteiger partial charge < -0.3 is 5.32 Å². The lowest BCUT2D eigenvalue weighted by molar-refractivity contribution is 0.0918. The Morgan fingerprint density at radius 3 is 2.50 bits per heavy atom. The number of rotatable bonds is 6. The number of sulfonamides is 1. The summed E-state index contributed by atoms with van der Waals surface area (Å²) in [6, 6.07) is 4.77. The number of carbonyl (C=O) groups excluding carboxylic acids is 1. The van der Waals surface area contributed by atoms with Crippen LogP contribution in [0.5, 0.6) is 0 Å². The molecule has 0 spiro atoms. The second-order valence-corrected chi connectivity index (χ2v) is 11.6. The molecule has 0 saturated carbocycles. The molecule has 0 aliphatic carbocycles. The third-order valence-corrected chi connectivity index (χ3v) is 8.42. The normalized spacial score (nSPS) is 25.2. The Labute approximate surface area is 166 Å². The molecule has 2 heterocycles. The average molecular weight is 430 g/mol. The van der Waals surface area contributed by atoms with Crippen LogP contribution in [0.3, 0.4) is 0 Å². The summed E-state index contributed by atoms with van der Waals surface area (Å²) in [6.45, 7) is 5.10. The molecule has 0 aromatic heterocycles. The van der Waals surface area contributed by atoms with Gasteiger partial charge in [-0.25, -0.2) is 21.6 Å². The van der Waals surface area contributed by atoms with Crippen molar-refractivity contribution in [1.82, 2.24) is 14.9 Å². The van der Waals surface area contributed by atoms with Gasteiger partial charge in [0.2, 0.25) is 10.0 Å². The molecule has 0 radical (unpaired) electrons. The van der Waals surface area contributed by atoms with Gasteiger partial charge in [0.15, 0.2) is 9.84 Å². The molecule has 1 aromatic carbocycles. The van der Waals surface area contributed by atoms with Crippen molar-refractivity contribution in [2.45, 2.75) is 49.7 Å². The van der Waals surface area contributed by atoms with E-state index in [0.29, 0.717) is 0 Å². The van der Waals surface area contributed by atoms with Gasteiger partial charge in [0, 0.05) is 17.6 Å². The predicted molar refractivity (Wildman–Crippen MR) is 106 cm³/mol. The molecular formula is C18H27N3O5S2. The molecule has 2 saturated heterocycles. The summed E-state index contributed by atoms with van der Waals surface area (Å²) in [5, 5.41) is 2.82. The first-order chi connectivity index (χ1) is 13.1. The number of hydrogen-bond acceptors (Lipinski definition) is 6. The molecule has 8 nitrogen and oxygen atoms in total. The maximum Gasteiger partial charge on any atom is 0.251 e. The lowest BCUT2D eigenvalue weighted by atomic mass is 10.1. The van der Waals surface area contributed by atoms with Gasteiger partial charge >= 0.3 is 0 Å². The molecule has 2 aliphatic rings. The quantitative estimate of drug-likeness (QED) is 0.675. The standard InChI is InChI=1S/C18H27N3O5S2/c1-13(2)20-28(25,26)15-7-5-6-14(10-15)18(22)19-16-11-27(23,24)12-17(16)21-8-3-4-9-21/h5-7,10,13,16-17,20H,3-4,8-9,11-12H2,1-2H3,(H,19,22). The van der Waals surface area contributed by atoms with Crippen LogP contribution in [0.25, 0.3) is 0 Å². The summed E-state index contributed by atoms with van der Waals surface area (Å²) in [7, 11) is -6.94. The summed E-state index contributed by atoms with van der Waals surface area (Å²) in [6.07, 6.45) is 2.06. The van der Waals surface area contributed by atoms with Gasteiger partial charge in [0.1, 0.15) is 0 Å². The maximum atomic E-state index is 12.7. The highest BCUT2D eigenvalue weighted by atomic mass is 32.2. The number of hydrogen-bond donors (Lipinski definition) is 2. The molecule has 2 aliphatic heterocycles. The Morgan fingerprint density at radius 1 is 1.18 bits per heavy atom. The van der Waals surface area contributed by atoms with Gasteiger partial charge in [-0.05, 0) is 58.0 Å². The Morgan fingerprint density at radius 2 is 1.86 bits per heavy atom. The molecular weight excluding hydrogens is 402 g/mol. The number of benzene rings is 1. The lowest BCUT2D eigenvalue weighted by Gasteiger charge is -2.28.